The zero-order valence-electron chi connectivity index (χ0n) is 14.9. The average Bonchev–Trinajstić information content (AvgIpc) is 2.89. The number of anilines is 4. The van der Waals surface area contributed by atoms with Crippen LogP contribution in [-0.4, -0.2) is 28.5 Å². The third kappa shape index (κ3) is 3.89. The number of aromatic nitrogens is 3. The number of nitrogens with one attached hydrogen (secondary N) is 2. The van der Waals surface area contributed by atoms with Crippen molar-refractivity contribution in [2.75, 3.05) is 24.0 Å². The zero-order valence-corrected chi connectivity index (χ0v) is 16.5. The third-order valence-corrected chi connectivity index (χ3v) is 5.69. The van der Waals surface area contributed by atoms with E-state index in [2.05, 4.69) is 25.8 Å². The molecule has 0 radical (unpaired) electrons. The Kier molecular flexibility index (Phi) is 5.03. The maximum atomic E-state index is 12.5. The van der Waals surface area contributed by atoms with Crippen molar-refractivity contribution in [3.05, 3.63) is 46.7 Å². The summed E-state index contributed by atoms with van der Waals surface area (Å²) in [5, 5.41) is 11.1. The number of aryl methyl sites for hydroxylation is 1. The van der Waals surface area contributed by atoms with E-state index in [0.29, 0.717) is 28.4 Å². The molecule has 0 fully saturated rings. The van der Waals surface area contributed by atoms with Gasteiger partial charge in [-0.25, -0.2) is 4.98 Å². The number of benzene rings is 1. The van der Waals surface area contributed by atoms with Crippen molar-refractivity contribution in [2.24, 2.45) is 0 Å². The zero-order chi connectivity index (χ0) is 18.9. The number of rotatable bonds is 5. The molecule has 26 heavy (non-hydrogen) atoms. The van der Waals surface area contributed by atoms with Crippen molar-refractivity contribution in [1.82, 2.24) is 15.1 Å². The Morgan fingerprint density at radius 3 is 2.54 bits per heavy atom. The largest absolute Gasteiger partial charge is 0.338 e. The molecule has 2 aromatic heterocycles. The molecule has 0 saturated carbocycles. The highest BCUT2D eigenvalue weighted by Gasteiger charge is 2.17. The van der Waals surface area contributed by atoms with Gasteiger partial charge in [-0.1, -0.05) is 28.9 Å². The van der Waals surface area contributed by atoms with Gasteiger partial charge in [0.15, 0.2) is 5.82 Å². The van der Waals surface area contributed by atoms with E-state index in [4.69, 9.17) is 16.1 Å². The highest BCUT2D eigenvalue weighted by molar-refractivity contribution is 7.70. The van der Waals surface area contributed by atoms with Crippen LogP contribution in [0.25, 0.3) is 0 Å². The molecule has 2 N–H and O–H groups in total. The molecular weight excluding hydrogens is 373 g/mol. The molecule has 0 aliphatic heterocycles. The van der Waals surface area contributed by atoms with Crippen LogP contribution in [0.5, 0.6) is 0 Å². The minimum Gasteiger partial charge on any atom is -0.338 e. The Hall–Kier alpha value is -2.37. The standard InChI is InChI=1S/C17H19ClN5O2P/c1-10-11(2)23-25-16(10)22-17-19-9-12(18)15(21-17)20-13-7-5-6-8-14(13)26(3,4)24/h5-9H,1-4H3,(H2,19,20,21,22). The number of nitrogens with zero attached hydrogens (tertiary/aromatic N) is 3. The second kappa shape index (κ2) is 7.09. The van der Waals surface area contributed by atoms with Crippen LogP contribution in [0.4, 0.5) is 23.3 Å². The van der Waals surface area contributed by atoms with Crippen LogP contribution < -0.4 is 15.9 Å². The van der Waals surface area contributed by atoms with Crippen molar-refractivity contribution < 1.29 is 9.09 Å². The first kappa shape index (κ1) is 18.4. The molecule has 3 aromatic rings. The van der Waals surface area contributed by atoms with E-state index in [9.17, 15) is 4.57 Å². The summed E-state index contributed by atoms with van der Waals surface area (Å²) in [6.45, 7) is 7.18. The van der Waals surface area contributed by atoms with Gasteiger partial charge in [-0.2, -0.15) is 4.98 Å². The molecule has 0 unspecified atom stereocenters. The van der Waals surface area contributed by atoms with Crippen LogP contribution in [0.2, 0.25) is 5.02 Å². The highest BCUT2D eigenvalue weighted by atomic mass is 35.5. The van der Waals surface area contributed by atoms with Gasteiger partial charge in [0, 0.05) is 10.9 Å². The van der Waals surface area contributed by atoms with Gasteiger partial charge in [0.05, 0.1) is 17.6 Å². The van der Waals surface area contributed by atoms with E-state index in [-0.39, 0.29) is 0 Å². The minimum absolute atomic E-state index is 0.310. The Morgan fingerprint density at radius 1 is 1.15 bits per heavy atom. The average molecular weight is 392 g/mol. The summed E-state index contributed by atoms with van der Waals surface area (Å²) in [5.41, 5.74) is 2.36. The number of para-hydroxylation sites is 1. The molecule has 136 valence electrons. The van der Waals surface area contributed by atoms with Gasteiger partial charge in [0.1, 0.15) is 12.2 Å². The first-order valence-corrected chi connectivity index (χ1v) is 10.9. The third-order valence-electron chi connectivity index (χ3n) is 3.86. The van der Waals surface area contributed by atoms with Crippen LogP contribution in [0.3, 0.4) is 0 Å². The van der Waals surface area contributed by atoms with Gasteiger partial charge in [0.25, 0.3) is 0 Å². The molecule has 0 spiro atoms. The fraction of sp³-hybridized carbons (Fsp3) is 0.235. The smallest absolute Gasteiger partial charge is 0.234 e. The molecule has 0 saturated heterocycles. The van der Waals surface area contributed by atoms with Crippen LogP contribution in [0.15, 0.2) is 35.0 Å². The molecule has 2 heterocycles. The second-order valence-electron chi connectivity index (χ2n) is 6.23. The van der Waals surface area contributed by atoms with Gasteiger partial charge in [-0.3, -0.25) is 5.32 Å². The lowest BCUT2D eigenvalue weighted by molar-refractivity contribution is 0.429. The van der Waals surface area contributed by atoms with Crippen molar-refractivity contribution in [2.45, 2.75) is 13.8 Å². The lowest BCUT2D eigenvalue weighted by Crippen LogP contribution is -2.10. The SMILES string of the molecule is Cc1noc(Nc2ncc(Cl)c(Nc3ccccc3P(C)(C)=O)n2)c1C. The summed E-state index contributed by atoms with van der Waals surface area (Å²) < 4.78 is 17.7. The number of halogens is 1. The molecule has 0 aliphatic rings. The van der Waals surface area contributed by atoms with Crippen molar-refractivity contribution in [1.29, 1.82) is 0 Å². The molecule has 0 amide bonds. The summed E-state index contributed by atoms with van der Waals surface area (Å²) in [6.07, 6.45) is 1.48. The van der Waals surface area contributed by atoms with Crippen LogP contribution in [-0.2, 0) is 4.57 Å². The van der Waals surface area contributed by atoms with Crippen molar-refractivity contribution in [3.63, 3.8) is 0 Å². The summed E-state index contributed by atoms with van der Waals surface area (Å²) in [6, 6.07) is 7.38. The number of hydrogen-bond acceptors (Lipinski definition) is 7. The van der Waals surface area contributed by atoms with E-state index in [0.717, 1.165) is 16.6 Å². The Balaban J connectivity index is 1.92. The van der Waals surface area contributed by atoms with E-state index >= 15 is 0 Å². The van der Waals surface area contributed by atoms with Crippen LogP contribution in [0, 0.1) is 13.8 Å². The Morgan fingerprint density at radius 2 is 1.88 bits per heavy atom. The predicted octanol–water partition coefficient (Wildman–Crippen LogP) is 4.47. The summed E-state index contributed by atoms with van der Waals surface area (Å²) in [4.78, 5) is 8.55. The van der Waals surface area contributed by atoms with E-state index < -0.39 is 7.14 Å². The molecule has 0 atom stereocenters. The monoisotopic (exact) mass is 391 g/mol. The maximum Gasteiger partial charge on any atom is 0.234 e. The van der Waals surface area contributed by atoms with Gasteiger partial charge in [0.2, 0.25) is 11.8 Å². The van der Waals surface area contributed by atoms with Crippen molar-refractivity contribution in [3.8, 4) is 0 Å². The predicted molar refractivity (Wildman–Crippen MR) is 105 cm³/mol. The molecule has 7 nitrogen and oxygen atoms in total. The van der Waals surface area contributed by atoms with E-state index in [1.54, 1.807) is 13.3 Å². The van der Waals surface area contributed by atoms with Gasteiger partial charge < -0.3 is 14.4 Å². The highest BCUT2D eigenvalue weighted by Crippen LogP contribution is 2.38. The quantitative estimate of drug-likeness (QED) is 0.620. The van der Waals surface area contributed by atoms with Gasteiger partial charge in [-0.05, 0) is 39.3 Å². The first-order chi connectivity index (χ1) is 12.3. The minimum atomic E-state index is -2.47. The lowest BCUT2D eigenvalue weighted by atomic mass is 10.3. The maximum absolute atomic E-state index is 12.5. The van der Waals surface area contributed by atoms with Crippen LogP contribution >= 0.6 is 18.7 Å². The van der Waals surface area contributed by atoms with E-state index in [1.807, 2.05) is 38.1 Å². The summed E-state index contributed by atoms with van der Waals surface area (Å²) >= 11 is 6.23. The molecule has 1 aromatic carbocycles. The molecule has 9 heteroatoms. The topological polar surface area (TPSA) is 92.9 Å². The number of hydrogen-bond donors (Lipinski definition) is 2. The van der Waals surface area contributed by atoms with Gasteiger partial charge >= 0.3 is 0 Å². The second-order valence-corrected chi connectivity index (χ2v) is 9.82. The fourth-order valence-electron chi connectivity index (χ4n) is 2.32. The molecular formula is C17H19ClN5O2P. The first-order valence-electron chi connectivity index (χ1n) is 7.89. The lowest BCUT2D eigenvalue weighted by Gasteiger charge is -2.15. The normalized spacial score (nSPS) is 11.4. The van der Waals surface area contributed by atoms with Gasteiger partial charge in [-0.15, -0.1) is 0 Å². The molecule has 0 bridgehead atoms. The van der Waals surface area contributed by atoms with E-state index in [1.165, 1.54) is 6.20 Å². The Labute approximate surface area is 156 Å². The van der Waals surface area contributed by atoms with Crippen LogP contribution in [0.1, 0.15) is 11.3 Å². The fourth-order valence-corrected chi connectivity index (χ4v) is 3.62. The summed E-state index contributed by atoms with van der Waals surface area (Å²) in [7, 11) is -2.47. The Bertz CT molecular complexity index is 999. The molecule has 0 aliphatic carbocycles. The summed E-state index contributed by atoms with van der Waals surface area (Å²) in [5.74, 6) is 1.19. The van der Waals surface area contributed by atoms with Crippen molar-refractivity contribution >= 4 is 47.4 Å². The molecule has 3 rings (SSSR count).